The minimum atomic E-state index is -0.419. The predicted molar refractivity (Wildman–Crippen MR) is 91.0 cm³/mol. The molecule has 3 aliphatic rings. The molecule has 4 heteroatoms. The van der Waals surface area contributed by atoms with E-state index in [0.717, 1.165) is 24.8 Å². The Hall–Kier alpha value is -1.58. The third kappa shape index (κ3) is 2.60. The molecule has 0 aromatic rings. The Morgan fingerprint density at radius 3 is 2.92 bits per heavy atom. The smallest absolute Gasteiger partial charge is 0.309 e. The molecule has 2 fully saturated rings. The molecule has 132 valence electrons. The number of fused-ring (bicyclic) bond motifs is 3. The zero-order valence-electron chi connectivity index (χ0n) is 15.1. The molecule has 0 aromatic carbocycles. The van der Waals surface area contributed by atoms with Crippen LogP contribution in [0.25, 0.3) is 0 Å². The van der Waals surface area contributed by atoms with E-state index in [-0.39, 0.29) is 47.1 Å². The van der Waals surface area contributed by atoms with Gasteiger partial charge in [0.15, 0.2) is 0 Å². The molecule has 0 radical (unpaired) electrons. The highest BCUT2D eigenvalue weighted by Crippen LogP contribution is 2.55. The number of rotatable bonds is 3. The Labute approximate surface area is 144 Å². The summed E-state index contributed by atoms with van der Waals surface area (Å²) in [7, 11) is 0. The second kappa shape index (κ2) is 6.05. The molecular weight excluding hydrogens is 304 g/mol. The van der Waals surface area contributed by atoms with Gasteiger partial charge in [-0.3, -0.25) is 9.59 Å². The van der Waals surface area contributed by atoms with Gasteiger partial charge < -0.3 is 9.47 Å². The van der Waals surface area contributed by atoms with Gasteiger partial charge in [-0.2, -0.15) is 0 Å². The van der Waals surface area contributed by atoms with Crippen molar-refractivity contribution in [2.45, 2.75) is 59.2 Å². The van der Waals surface area contributed by atoms with Gasteiger partial charge in [-0.05, 0) is 36.3 Å². The van der Waals surface area contributed by atoms with Crippen LogP contribution in [0.1, 0.15) is 47.0 Å². The van der Waals surface area contributed by atoms with Crippen molar-refractivity contribution in [1.82, 2.24) is 0 Å². The van der Waals surface area contributed by atoms with Gasteiger partial charge in [-0.25, -0.2) is 0 Å². The summed E-state index contributed by atoms with van der Waals surface area (Å²) >= 11 is 0. The average Bonchev–Trinajstić information content (AvgIpc) is 2.83. The molecule has 1 heterocycles. The number of allylic oxidation sites excluding steroid dienone is 1. The summed E-state index contributed by atoms with van der Waals surface area (Å²) in [6.07, 6.45) is 6.28. The molecule has 0 amide bonds. The molecule has 4 nitrogen and oxygen atoms in total. The maximum atomic E-state index is 12.2. The van der Waals surface area contributed by atoms with Gasteiger partial charge >= 0.3 is 11.9 Å². The molecule has 0 bridgehead atoms. The molecule has 24 heavy (non-hydrogen) atoms. The summed E-state index contributed by atoms with van der Waals surface area (Å²) in [5.74, 6) is -0.220. The highest BCUT2D eigenvalue weighted by molar-refractivity contribution is 5.75. The summed E-state index contributed by atoms with van der Waals surface area (Å²) in [5, 5.41) is 0. The van der Waals surface area contributed by atoms with Crippen LogP contribution in [0.3, 0.4) is 0 Å². The summed E-state index contributed by atoms with van der Waals surface area (Å²) in [4.78, 5) is 24.2. The van der Waals surface area contributed by atoms with Gasteiger partial charge in [0.25, 0.3) is 0 Å². The second-order valence-corrected chi connectivity index (χ2v) is 7.98. The first-order valence-electron chi connectivity index (χ1n) is 9.07. The Morgan fingerprint density at radius 1 is 1.54 bits per heavy atom. The van der Waals surface area contributed by atoms with E-state index in [0.29, 0.717) is 0 Å². The van der Waals surface area contributed by atoms with E-state index in [1.165, 1.54) is 0 Å². The van der Waals surface area contributed by atoms with Crippen LogP contribution in [0.4, 0.5) is 0 Å². The third-order valence-corrected chi connectivity index (χ3v) is 6.42. The van der Waals surface area contributed by atoms with Crippen molar-refractivity contribution in [3.63, 3.8) is 0 Å². The lowest BCUT2D eigenvalue weighted by Gasteiger charge is -2.49. The van der Waals surface area contributed by atoms with Crippen molar-refractivity contribution < 1.29 is 19.1 Å². The van der Waals surface area contributed by atoms with E-state index in [1.807, 2.05) is 26.8 Å². The van der Waals surface area contributed by atoms with Crippen molar-refractivity contribution in [2.75, 3.05) is 0 Å². The minimum absolute atomic E-state index is 0.0184. The molecule has 0 aromatic heterocycles. The summed E-state index contributed by atoms with van der Waals surface area (Å²) in [6, 6.07) is 0. The molecule has 1 saturated heterocycles. The zero-order valence-corrected chi connectivity index (χ0v) is 15.1. The standard InChI is InChI=1S/C20H28O4/c1-6-11(2)18(21)23-15-8-10-20(5)9-7-14-12(3)19(22)24-17(14)16(20)13(15)4/h8,10-12,14-17H,4,6-7,9H2,1-3,5H3/t11-,12-,14+,15+,16+,17-,20-/m1/s1. The van der Waals surface area contributed by atoms with Gasteiger partial charge in [-0.1, -0.05) is 40.3 Å². The van der Waals surface area contributed by atoms with Crippen LogP contribution in [0.5, 0.6) is 0 Å². The number of hydrogen-bond acceptors (Lipinski definition) is 4. The van der Waals surface area contributed by atoms with E-state index in [2.05, 4.69) is 19.6 Å². The van der Waals surface area contributed by atoms with E-state index in [9.17, 15) is 9.59 Å². The van der Waals surface area contributed by atoms with Crippen molar-refractivity contribution in [1.29, 1.82) is 0 Å². The van der Waals surface area contributed by atoms with E-state index in [1.54, 1.807) is 0 Å². The lowest BCUT2D eigenvalue weighted by atomic mass is 9.57. The topological polar surface area (TPSA) is 52.6 Å². The number of ether oxygens (including phenoxy) is 2. The first-order valence-corrected chi connectivity index (χ1v) is 9.07. The van der Waals surface area contributed by atoms with Gasteiger partial charge in [0.2, 0.25) is 0 Å². The first kappa shape index (κ1) is 17.2. The number of hydrogen-bond donors (Lipinski definition) is 0. The maximum absolute atomic E-state index is 12.2. The third-order valence-electron chi connectivity index (χ3n) is 6.42. The molecule has 0 N–H and O–H groups in total. The monoisotopic (exact) mass is 332 g/mol. The largest absolute Gasteiger partial charge is 0.461 e. The Balaban J connectivity index is 1.85. The van der Waals surface area contributed by atoms with Crippen molar-refractivity contribution in [2.24, 2.45) is 29.1 Å². The molecule has 3 rings (SSSR count). The van der Waals surface area contributed by atoms with Gasteiger partial charge in [-0.15, -0.1) is 0 Å². The quantitative estimate of drug-likeness (QED) is 0.584. The number of carbonyl (C=O) groups is 2. The molecule has 0 spiro atoms. The van der Waals surface area contributed by atoms with E-state index < -0.39 is 6.10 Å². The fourth-order valence-corrected chi connectivity index (χ4v) is 4.48. The summed E-state index contributed by atoms with van der Waals surface area (Å²) in [6.45, 7) is 12.2. The van der Waals surface area contributed by atoms with E-state index >= 15 is 0 Å². The Bertz CT molecular complexity index is 592. The van der Waals surface area contributed by atoms with Crippen molar-refractivity contribution >= 4 is 11.9 Å². The molecular formula is C20H28O4. The Morgan fingerprint density at radius 2 is 2.25 bits per heavy atom. The Kier molecular flexibility index (Phi) is 4.35. The van der Waals surface area contributed by atoms with Crippen LogP contribution in [0.2, 0.25) is 0 Å². The minimum Gasteiger partial charge on any atom is -0.461 e. The molecule has 1 saturated carbocycles. The van der Waals surface area contributed by atoms with Crippen LogP contribution < -0.4 is 0 Å². The normalized spacial score (nSPS) is 42.1. The van der Waals surface area contributed by atoms with E-state index in [4.69, 9.17) is 9.47 Å². The summed E-state index contributed by atoms with van der Waals surface area (Å²) in [5.41, 5.74) is 0.787. The number of carbonyl (C=O) groups excluding carboxylic acids is 2. The van der Waals surface area contributed by atoms with Crippen LogP contribution in [0.15, 0.2) is 24.3 Å². The second-order valence-electron chi connectivity index (χ2n) is 7.98. The maximum Gasteiger partial charge on any atom is 0.309 e. The van der Waals surface area contributed by atoms with Crippen LogP contribution in [-0.4, -0.2) is 24.1 Å². The fraction of sp³-hybridized carbons (Fsp3) is 0.700. The predicted octanol–water partition coefficient (Wildman–Crippen LogP) is 3.66. The fourth-order valence-electron chi connectivity index (χ4n) is 4.48. The van der Waals surface area contributed by atoms with Gasteiger partial charge in [0.05, 0.1) is 11.8 Å². The first-order chi connectivity index (χ1) is 11.3. The average molecular weight is 332 g/mol. The lowest BCUT2D eigenvalue weighted by molar-refractivity contribution is -0.153. The van der Waals surface area contributed by atoms with Crippen LogP contribution in [0, 0.1) is 29.1 Å². The lowest BCUT2D eigenvalue weighted by Crippen LogP contribution is -2.48. The molecule has 2 aliphatic carbocycles. The van der Waals surface area contributed by atoms with Gasteiger partial charge in [0.1, 0.15) is 12.2 Å². The number of esters is 2. The van der Waals surface area contributed by atoms with Crippen LogP contribution in [-0.2, 0) is 19.1 Å². The SMILES string of the molecule is C=C1[C@@H](OC(=O)[C@H](C)CC)C=C[C@@]2(C)CC[C@@H]3[C@@H](OC(=O)[C@@H]3C)[C@H]12. The molecule has 0 unspecified atom stereocenters. The molecule has 1 aliphatic heterocycles. The summed E-state index contributed by atoms with van der Waals surface area (Å²) < 4.78 is 11.4. The van der Waals surface area contributed by atoms with Crippen LogP contribution >= 0.6 is 0 Å². The zero-order chi connectivity index (χ0) is 17.6. The molecule has 7 atom stereocenters. The van der Waals surface area contributed by atoms with Crippen molar-refractivity contribution in [3.05, 3.63) is 24.3 Å². The van der Waals surface area contributed by atoms with Crippen molar-refractivity contribution in [3.8, 4) is 0 Å². The highest BCUT2D eigenvalue weighted by atomic mass is 16.6. The van der Waals surface area contributed by atoms with Gasteiger partial charge in [0, 0.05) is 11.8 Å². The highest BCUT2D eigenvalue weighted by Gasteiger charge is 2.56.